The van der Waals surface area contributed by atoms with Gasteiger partial charge in [0.1, 0.15) is 5.54 Å². The lowest BCUT2D eigenvalue weighted by Gasteiger charge is -2.14. The number of alkyl halides is 2. The molecule has 0 aromatic heterocycles. The van der Waals surface area contributed by atoms with Gasteiger partial charge in [0, 0.05) is 5.69 Å². The first-order valence-corrected chi connectivity index (χ1v) is 8.37. The van der Waals surface area contributed by atoms with E-state index in [1.54, 1.807) is 0 Å². The standard InChI is InChI=1S/C20H13Cl2N/c21-20(22)19(23(20)14-8-2-1-3-9-14)17-12-6-4-10-15(17)16-11-5-7-13-18(16)19/h1-13H. The van der Waals surface area contributed by atoms with E-state index in [-0.39, 0.29) is 0 Å². The molecule has 0 radical (unpaired) electrons. The first kappa shape index (κ1) is 13.5. The van der Waals surface area contributed by atoms with Gasteiger partial charge in [-0.25, -0.2) is 0 Å². The van der Waals surface area contributed by atoms with Gasteiger partial charge in [-0.15, -0.1) is 0 Å². The summed E-state index contributed by atoms with van der Waals surface area (Å²) in [5.74, 6) is 0. The van der Waals surface area contributed by atoms with E-state index < -0.39 is 10.00 Å². The average Bonchev–Trinajstić information content (AvgIpc) is 2.97. The Morgan fingerprint density at radius 1 is 0.609 bits per heavy atom. The summed E-state index contributed by atoms with van der Waals surface area (Å²) in [6, 6.07) is 26.9. The van der Waals surface area contributed by atoms with Gasteiger partial charge >= 0.3 is 0 Å². The van der Waals surface area contributed by atoms with Crippen LogP contribution in [0.2, 0.25) is 0 Å². The predicted molar refractivity (Wildman–Crippen MR) is 96.0 cm³/mol. The van der Waals surface area contributed by atoms with E-state index in [9.17, 15) is 0 Å². The molecule has 1 spiro atoms. The number of para-hydroxylation sites is 1. The Balaban J connectivity index is 1.84. The fraction of sp³-hybridized carbons (Fsp3) is 0.100. The Kier molecular flexibility index (Phi) is 2.53. The molecule has 1 aliphatic heterocycles. The zero-order chi connectivity index (χ0) is 15.7. The third kappa shape index (κ3) is 1.45. The van der Waals surface area contributed by atoms with Crippen LogP contribution in [0.25, 0.3) is 11.1 Å². The highest BCUT2D eigenvalue weighted by Crippen LogP contribution is 2.73. The van der Waals surface area contributed by atoms with Crippen LogP contribution in [0.5, 0.6) is 0 Å². The number of fused-ring (bicyclic) bond motifs is 5. The molecule has 0 amide bonds. The summed E-state index contributed by atoms with van der Waals surface area (Å²) in [4.78, 5) is 2.10. The molecule has 2 aliphatic rings. The summed E-state index contributed by atoms with van der Waals surface area (Å²) in [6.45, 7) is 0. The highest BCUT2D eigenvalue weighted by molar-refractivity contribution is 6.55. The Morgan fingerprint density at radius 3 is 1.65 bits per heavy atom. The highest BCUT2D eigenvalue weighted by Gasteiger charge is 2.78. The largest absolute Gasteiger partial charge is 0.319 e. The maximum absolute atomic E-state index is 6.85. The van der Waals surface area contributed by atoms with Crippen molar-refractivity contribution in [1.82, 2.24) is 0 Å². The summed E-state index contributed by atoms with van der Waals surface area (Å²) < 4.78 is -0.989. The second-order valence-electron chi connectivity index (χ2n) is 6.01. The Hall–Kier alpha value is -1.96. The second-order valence-corrected chi connectivity index (χ2v) is 7.30. The van der Waals surface area contributed by atoms with Gasteiger partial charge in [-0.2, -0.15) is 0 Å². The van der Waals surface area contributed by atoms with Crippen molar-refractivity contribution in [2.24, 2.45) is 0 Å². The molecule has 3 aromatic rings. The van der Waals surface area contributed by atoms with Crippen LogP contribution < -0.4 is 4.90 Å². The van der Waals surface area contributed by atoms with E-state index >= 15 is 0 Å². The van der Waals surface area contributed by atoms with Gasteiger partial charge in [-0.05, 0) is 34.4 Å². The lowest BCUT2D eigenvalue weighted by molar-refractivity contribution is 0.859. The van der Waals surface area contributed by atoms with Gasteiger partial charge in [0.2, 0.25) is 4.46 Å². The van der Waals surface area contributed by atoms with E-state index in [1.165, 1.54) is 22.3 Å². The van der Waals surface area contributed by atoms with Gasteiger partial charge in [0.25, 0.3) is 0 Å². The van der Waals surface area contributed by atoms with E-state index in [0.29, 0.717) is 0 Å². The van der Waals surface area contributed by atoms with Crippen molar-refractivity contribution in [2.45, 2.75) is 10.00 Å². The minimum atomic E-state index is -0.989. The molecule has 0 bridgehead atoms. The topological polar surface area (TPSA) is 3.01 Å². The monoisotopic (exact) mass is 337 g/mol. The summed E-state index contributed by atoms with van der Waals surface area (Å²) in [7, 11) is 0. The molecule has 0 saturated carbocycles. The molecule has 1 saturated heterocycles. The third-order valence-corrected chi connectivity index (χ3v) is 5.82. The van der Waals surface area contributed by atoms with Gasteiger partial charge in [-0.1, -0.05) is 89.9 Å². The Morgan fingerprint density at radius 2 is 1.09 bits per heavy atom. The molecule has 1 fully saturated rings. The lowest BCUT2D eigenvalue weighted by atomic mass is 9.96. The van der Waals surface area contributed by atoms with Crippen LogP contribution in [0.4, 0.5) is 5.69 Å². The second kappa shape index (κ2) is 4.31. The molecule has 1 heterocycles. The predicted octanol–water partition coefficient (Wildman–Crippen LogP) is 5.56. The molecule has 0 N–H and O–H groups in total. The number of halogens is 2. The smallest absolute Gasteiger partial charge is 0.223 e. The number of nitrogens with zero attached hydrogens (tertiary/aromatic N) is 1. The number of hydrogen-bond donors (Lipinski definition) is 0. The fourth-order valence-corrected chi connectivity index (χ4v) is 4.96. The van der Waals surface area contributed by atoms with Gasteiger partial charge in [0.15, 0.2) is 0 Å². The van der Waals surface area contributed by atoms with Crippen LogP contribution >= 0.6 is 23.2 Å². The zero-order valence-corrected chi connectivity index (χ0v) is 13.7. The van der Waals surface area contributed by atoms with Crippen molar-refractivity contribution < 1.29 is 0 Å². The maximum Gasteiger partial charge on any atom is 0.223 e. The van der Waals surface area contributed by atoms with Crippen molar-refractivity contribution in [1.29, 1.82) is 0 Å². The third-order valence-electron chi connectivity index (χ3n) is 4.94. The quantitative estimate of drug-likeness (QED) is 0.319. The molecule has 1 aliphatic carbocycles. The van der Waals surface area contributed by atoms with Crippen LogP contribution in [0.15, 0.2) is 78.9 Å². The fourth-order valence-electron chi connectivity index (χ4n) is 4.02. The van der Waals surface area contributed by atoms with E-state index in [1.807, 2.05) is 18.2 Å². The van der Waals surface area contributed by atoms with Crippen LogP contribution in [0.3, 0.4) is 0 Å². The molecule has 23 heavy (non-hydrogen) atoms. The first-order chi connectivity index (χ1) is 11.2. The van der Waals surface area contributed by atoms with Gasteiger partial charge in [-0.3, -0.25) is 0 Å². The molecule has 0 atom stereocenters. The molecular formula is C20H13Cl2N. The molecule has 0 unspecified atom stereocenters. The molecule has 3 heteroatoms. The summed E-state index contributed by atoms with van der Waals surface area (Å²) in [6.07, 6.45) is 0. The molecule has 1 nitrogen and oxygen atoms in total. The Bertz CT molecular complexity index is 872. The first-order valence-electron chi connectivity index (χ1n) is 7.61. The molecule has 3 aromatic carbocycles. The van der Waals surface area contributed by atoms with E-state index in [0.717, 1.165) is 5.69 Å². The average molecular weight is 338 g/mol. The lowest BCUT2D eigenvalue weighted by Crippen LogP contribution is -2.15. The van der Waals surface area contributed by atoms with Crippen LogP contribution in [-0.2, 0) is 5.54 Å². The van der Waals surface area contributed by atoms with Crippen molar-refractivity contribution in [3.63, 3.8) is 0 Å². The van der Waals surface area contributed by atoms with Crippen molar-refractivity contribution in [2.75, 3.05) is 4.90 Å². The van der Waals surface area contributed by atoms with Crippen LogP contribution in [0, 0.1) is 0 Å². The maximum atomic E-state index is 6.85. The van der Waals surface area contributed by atoms with Gasteiger partial charge < -0.3 is 4.90 Å². The summed E-state index contributed by atoms with van der Waals surface area (Å²) in [5.41, 5.74) is 5.30. The van der Waals surface area contributed by atoms with Crippen LogP contribution in [-0.4, -0.2) is 4.46 Å². The summed E-state index contributed by atoms with van der Waals surface area (Å²) >= 11 is 13.7. The molecular weight excluding hydrogens is 325 g/mol. The molecule has 112 valence electrons. The molecule has 5 rings (SSSR count). The number of benzene rings is 3. The minimum Gasteiger partial charge on any atom is -0.319 e. The number of anilines is 1. The van der Waals surface area contributed by atoms with Crippen molar-refractivity contribution in [3.05, 3.63) is 90.0 Å². The number of hydrogen-bond acceptors (Lipinski definition) is 1. The van der Waals surface area contributed by atoms with E-state index in [4.69, 9.17) is 23.2 Å². The SMILES string of the molecule is ClC1(Cl)N(c2ccccc2)C12c1ccccc1-c1ccccc12. The zero-order valence-electron chi connectivity index (χ0n) is 12.2. The van der Waals surface area contributed by atoms with Gasteiger partial charge in [0.05, 0.1) is 0 Å². The summed E-state index contributed by atoms with van der Waals surface area (Å²) in [5, 5.41) is 0. The van der Waals surface area contributed by atoms with Crippen molar-refractivity contribution >= 4 is 28.9 Å². The van der Waals surface area contributed by atoms with Crippen molar-refractivity contribution in [3.8, 4) is 11.1 Å². The minimum absolute atomic E-state index is 0.509. The number of rotatable bonds is 1. The highest BCUT2D eigenvalue weighted by atomic mass is 35.5. The van der Waals surface area contributed by atoms with E-state index in [2.05, 4.69) is 65.6 Å². The van der Waals surface area contributed by atoms with Crippen LogP contribution in [0.1, 0.15) is 11.1 Å². The normalized spacial score (nSPS) is 18.6. The Labute approximate surface area is 145 Å².